The zero-order chi connectivity index (χ0) is 24.1. The second-order valence-corrected chi connectivity index (χ2v) is 13.6. The smallest absolute Gasteiger partial charge is 0.112 e. The van der Waals surface area contributed by atoms with Gasteiger partial charge in [0.15, 0.2) is 0 Å². The molecule has 0 bridgehead atoms. The number of halogens is 1. The van der Waals surface area contributed by atoms with Gasteiger partial charge in [-0.3, -0.25) is 16.0 Å². The molecule has 8 nitrogen and oxygen atoms in total. The molecule has 4 fully saturated rings. The van der Waals surface area contributed by atoms with Crippen molar-refractivity contribution in [1.82, 2.24) is 26.2 Å². The van der Waals surface area contributed by atoms with Crippen molar-refractivity contribution in [2.24, 2.45) is 23.2 Å². The van der Waals surface area contributed by atoms with E-state index in [1.54, 1.807) is 0 Å². The van der Waals surface area contributed by atoms with Gasteiger partial charge in [-0.2, -0.15) is 0 Å². The minimum atomic E-state index is 0. The van der Waals surface area contributed by atoms with Crippen molar-refractivity contribution in [3.63, 3.8) is 0 Å². The first kappa shape index (κ1) is 38.0. The third kappa shape index (κ3) is 10.4. The summed E-state index contributed by atoms with van der Waals surface area (Å²) >= 11 is 6.40. The lowest BCUT2D eigenvalue weighted by molar-refractivity contribution is 0.00486. The molecule has 0 aromatic carbocycles. The normalized spacial score (nSPS) is 33.6. The summed E-state index contributed by atoms with van der Waals surface area (Å²) in [6.07, 6.45) is 13.4. The number of fused-ring (bicyclic) bond motifs is 1. The van der Waals surface area contributed by atoms with Gasteiger partial charge >= 0.3 is 0 Å². The highest BCUT2D eigenvalue weighted by molar-refractivity contribution is 6.20. The van der Waals surface area contributed by atoms with E-state index in [2.05, 4.69) is 53.9 Å². The molecule has 2 saturated heterocycles. The van der Waals surface area contributed by atoms with Crippen LogP contribution in [-0.2, 0) is 0 Å². The van der Waals surface area contributed by atoms with Crippen LogP contribution in [0.1, 0.15) is 99.3 Å². The van der Waals surface area contributed by atoms with Crippen LogP contribution in [0.4, 0.5) is 0 Å². The van der Waals surface area contributed by atoms with E-state index in [9.17, 15) is 0 Å². The Morgan fingerprint density at radius 3 is 2.05 bits per heavy atom. The number of hydrogen-bond donors (Lipinski definition) is 4. The molecule has 2 aliphatic heterocycles. The van der Waals surface area contributed by atoms with Crippen LogP contribution in [0.15, 0.2) is 0 Å². The third-order valence-corrected chi connectivity index (χ3v) is 9.99. The monoisotopic (exact) mass is 565 g/mol. The summed E-state index contributed by atoms with van der Waals surface area (Å²) < 4.78 is 0. The molecular weight excluding hydrogens is 502 g/mol. The minimum Gasteiger partial charge on any atom is -0.412 e. The molecule has 2 saturated carbocycles. The molecule has 3 unspecified atom stereocenters. The fourth-order valence-corrected chi connectivity index (χ4v) is 7.78. The number of nitrogens with zero attached hydrogens (tertiary/aromatic N) is 1. The summed E-state index contributed by atoms with van der Waals surface area (Å²) in [4.78, 5) is 2.76. The van der Waals surface area contributed by atoms with Gasteiger partial charge in [0.2, 0.25) is 0 Å². The highest BCUT2D eigenvalue weighted by atomic mass is 35.5. The average Bonchev–Trinajstić information content (AvgIpc) is 3.21. The number of piperidine rings is 1. The van der Waals surface area contributed by atoms with E-state index < -0.39 is 0 Å². The SMILES string of the molecule is C.CC(C)[C@H](CN1CCC(C2CCC(Cl)CC2)C(C)(C)C1)NCCCNC1NC2CCCCC2N1.O.O.O. The molecular formula is C29H64ClN5O3. The molecule has 38 heavy (non-hydrogen) atoms. The van der Waals surface area contributed by atoms with Gasteiger partial charge in [0.1, 0.15) is 6.29 Å². The quantitative estimate of drug-likeness (QED) is 0.237. The van der Waals surface area contributed by atoms with E-state index in [4.69, 9.17) is 11.6 Å². The minimum absolute atomic E-state index is 0. The van der Waals surface area contributed by atoms with Crippen LogP contribution in [0, 0.1) is 23.2 Å². The standard InChI is InChI=1S/C28H54ClN5.CH4.3H2O/c1-20(2)26(30-15-7-16-31-27-32-24-8-5-6-9-25(24)33-27)18-34-17-14-23(28(3,4)19-34)21-10-12-22(29)13-11-21;;;;/h20-27,30-33H,5-19H2,1-4H3;1H4;3*1H2/t21?,22?,23?,24?,25?,26-,27?;;;;/m0..../s1. The molecule has 0 aromatic heterocycles. The van der Waals surface area contributed by atoms with E-state index in [-0.39, 0.29) is 23.9 Å². The number of nitrogens with one attached hydrogen (secondary N) is 4. The van der Waals surface area contributed by atoms with Gasteiger partial charge in [-0.25, -0.2) is 0 Å². The Bertz CT molecular complexity index is 607. The highest BCUT2D eigenvalue weighted by Crippen LogP contribution is 2.45. The van der Waals surface area contributed by atoms with Gasteiger partial charge in [-0.05, 0) is 94.2 Å². The molecule has 0 aromatic rings. The van der Waals surface area contributed by atoms with Crippen LogP contribution < -0.4 is 21.3 Å². The molecule has 0 spiro atoms. The Hall–Kier alpha value is -0.0300. The van der Waals surface area contributed by atoms with E-state index in [0.29, 0.717) is 41.1 Å². The lowest BCUT2D eigenvalue weighted by Gasteiger charge is -2.49. The zero-order valence-electron chi connectivity index (χ0n) is 24.1. The van der Waals surface area contributed by atoms with Gasteiger partial charge in [0.25, 0.3) is 0 Å². The molecule has 4 aliphatic rings. The van der Waals surface area contributed by atoms with Crippen LogP contribution in [0.5, 0.6) is 0 Å². The third-order valence-electron chi connectivity index (χ3n) is 9.56. The fourth-order valence-electron chi connectivity index (χ4n) is 7.53. The van der Waals surface area contributed by atoms with Crippen molar-refractivity contribution in [3.05, 3.63) is 0 Å². The number of likely N-dealkylation sites (tertiary alicyclic amines) is 1. The maximum atomic E-state index is 6.40. The summed E-state index contributed by atoms with van der Waals surface area (Å²) in [5.41, 5.74) is 0.409. The van der Waals surface area contributed by atoms with E-state index in [0.717, 1.165) is 24.9 Å². The molecule has 9 heteroatoms. The first-order valence-corrected chi connectivity index (χ1v) is 15.1. The summed E-state index contributed by atoms with van der Waals surface area (Å²) in [6, 6.07) is 1.93. The molecule has 0 amide bonds. The van der Waals surface area contributed by atoms with E-state index >= 15 is 0 Å². The van der Waals surface area contributed by atoms with Crippen molar-refractivity contribution in [1.29, 1.82) is 0 Å². The molecule has 4 rings (SSSR count). The predicted octanol–water partition coefficient (Wildman–Crippen LogP) is 2.68. The molecule has 4 atom stereocenters. The van der Waals surface area contributed by atoms with Crippen LogP contribution in [-0.4, -0.2) is 83.8 Å². The number of alkyl halides is 1. The maximum Gasteiger partial charge on any atom is 0.112 e. The van der Waals surface area contributed by atoms with Crippen LogP contribution in [0.3, 0.4) is 0 Å². The Kier molecular flexibility index (Phi) is 17.7. The first-order valence-electron chi connectivity index (χ1n) is 14.7. The Morgan fingerprint density at radius 1 is 0.895 bits per heavy atom. The van der Waals surface area contributed by atoms with Crippen molar-refractivity contribution in [2.45, 2.75) is 129 Å². The van der Waals surface area contributed by atoms with Gasteiger partial charge in [0.05, 0.1) is 0 Å². The second kappa shape index (κ2) is 17.7. The van der Waals surface area contributed by atoms with Crippen molar-refractivity contribution < 1.29 is 16.4 Å². The molecule has 10 N–H and O–H groups in total. The van der Waals surface area contributed by atoms with Crippen molar-refractivity contribution in [2.75, 3.05) is 32.7 Å². The predicted molar refractivity (Wildman–Crippen MR) is 163 cm³/mol. The Labute approximate surface area is 239 Å². The molecule has 0 radical (unpaired) electrons. The lowest BCUT2D eigenvalue weighted by Crippen LogP contribution is -2.53. The van der Waals surface area contributed by atoms with Gasteiger partial charge in [-0.15, -0.1) is 11.6 Å². The fraction of sp³-hybridized carbons (Fsp3) is 1.00. The Balaban J connectivity index is 0.00000342. The van der Waals surface area contributed by atoms with E-state index in [1.165, 1.54) is 83.8 Å². The number of hydrogen-bond acceptors (Lipinski definition) is 5. The maximum absolute atomic E-state index is 6.40. The summed E-state index contributed by atoms with van der Waals surface area (Å²) in [5.74, 6) is 2.42. The second-order valence-electron chi connectivity index (χ2n) is 13.0. The molecule has 230 valence electrons. The topological polar surface area (TPSA) is 146 Å². The summed E-state index contributed by atoms with van der Waals surface area (Å²) in [5, 5.41) is 15.5. The van der Waals surface area contributed by atoms with E-state index in [1.807, 2.05) is 0 Å². The zero-order valence-corrected chi connectivity index (χ0v) is 24.8. The van der Waals surface area contributed by atoms with Gasteiger partial charge < -0.3 is 26.6 Å². The van der Waals surface area contributed by atoms with Crippen molar-refractivity contribution >= 4 is 11.6 Å². The summed E-state index contributed by atoms with van der Waals surface area (Å²) in [6.45, 7) is 15.7. The van der Waals surface area contributed by atoms with Gasteiger partial charge in [-0.1, -0.05) is 48.0 Å². The summed E-state index contributed by atoms with van der Waals surface area (Å²) in [7, 11) is 0. The van der Waals surface area contributed by atoms with Crippen LogP contribution >= 0.6 is 11.6 Å². The van der Waals surface area contributed by atoms with Crippen LogP contribution in [0.2, 0.25) is 0 Å². The molecule has 2 aliphatic carbocycles. The van der Waals surface area contributed by atoms with Gasteiger partial charge in [0, 0.05) is 36.6 Å². The lowest BCUT2D eigenvalue weighted by atomic mass is 9.64. The Morgan fingerprint density at radius 2 is 1.50 bits per heavy atom. The van der Waals surface area contributed by atoms with Crippen LogP contribution in [0.25, 0.3) is 0 Å². The van der Waals surface area contributed by atoms with Crippen molar-refractivity contribution in [3.8, 4) is 0 Å². The first-order chi connectivity index (χ1) is 16.3. The molecule has 2 heterocycles. The highest BCUT2D eigenvalue weighted by Gasteiger charge is 2.41. The number of rotatable bonds is 10. The largest absolute Gasteiger partial charge is 0.412 e. The average molecular weight is 566 g/mol.